The summed E-state index contributed by atoms with van der Waals surface area (Å²) in [6, 6.07) is 7.29. The fraction of sp³-hybridized carbons (Fsp3) is 0.440. The third-order valence-electron chi connectivity index (χ3n) is 7.37. The molecular formula is C25H26F3N5O2. The summed E-state index contributed by atoms with van der Waals surface area (Å²) in [7, 11) is 0. The molecule has 10 heteroatoms. The zero-order valence-electron chi connectivity index (χ0n) is 19.2. The second-order valence-electron chi connectivity index (χ2n) is 9.52. The molecule has 1 aliphatic carbocycles. The number of nitrogens with one attached hydrogen (secondary N) is 1. The summed E-state index contributed by atoms with van der Waals surface area (Å²) in [5, 5.41) is 7.58. The van der Waals surface area contributed by atoms with Gasteiger partial charge in [0, 0.05) is 24.2 Å². The number of hydrogen-bond donors (Lipinski definition) is 2. The Morgan fingerprint density at radius 2 is 1.97 bits per heavy atom. The van der Waals surface area contributed by atoms with Crippen LogP contribution >= 0.6 is 0 Å². The smallest absolute Gasteiger partial charge is 0.331 e. The van der Waals surface area contributed by atoms with E-state index in [2.05, 4.69) is 15.2 Å². The van der Waals surface area contributed by atoms with Crippen LogP contribution < -0.4 is 11.3 Å². The van der Waals surface area contributed by atoms with Crippen LogP contribution in [0.15, 0.2) is 41.3 Å². The number of fused-ring (bicyclic) bond motifs is 1. The number of rotatable bonds is 4. The van der Waals surface area contributed by atoms with Gasteiger partial charge in [0.05, 0.1) is 33.8 Å². The number of carbonyl (C=O) groups is 1. The van der Waals surface area contributed by atoms with Gasteiger partial charge < -0.3 is 10.6 Å². The predicted octanol–water partition coefficient (Wildman–Crippen LogP) is 3.97. The van der Waals surface area contributed by atoms with Crippen molar-refractivity contribution < 1.29 is 18.0 Å². The van der Waals surface area contributed by atoms with Gasteiger partial charge in [-0.15, -0.1) is 0 Å². The predicted molar refractivity (Wildman–Crippen MR) is 123 cm³/mol. The number of amides is 1. The van der Waals surface area contributed by atoms with Crippen LogP contribution in [0.2, 0.25) is 0 Å². The molecule has 7 nitrogen and oxygen atoms in total. The molecule has 0 unspecified atom stereocenters. The van der Waals surface area contributed by atoms with Crippen LogP contribution in [0.3, 0.4) is 0 Å². The molecule has 1 saturated heterocycles. The van der Waals surface area contributed by atoms with E-state index in [-0.39, 0.29) is 24.1 Å². The summed E-state index contributed by atoms with van der Waals surface area (Å²) in [6.07, 6.45) is -0.00723. The van der Waals surface area contributed by atoms with Crippen molar-refractivity contribution in [2.24, 2.45) is 5.73 Å². The number of H-pyrrole nitrogens is 1. The highest BCUT2D eigenvalue weighted by Crippen LogP contribution is 2.52. The van der Waals surface area contributed by atoms with Gasteiger partial charge in [0.2, 0.25) is 5.91 Å². The zero-order valence-corrected chi connectivity index (χ0v) is 19.2. The summed E-state index contributed by atoms with van der Waals surface area (Å²) < 4.78 is 39.1. The molecule has 1 aromatic carbocycles. The number of likely N-dealkylation sites (tertiary alicyclic amines) is 1. The minimum Gasteiger partial charge on any atom is -0.331 e. The summed E-state index contributed by atoms with van der Waals surface area (Å²) in [4.78, 5) is 32.2. The Kier molecular flexibility index (Phi) is 5.66. The number of aromatic amines is 1. The fourth-order valence-corrected chi connectivity index (χ4v) is 5.27. The molecule has 3 heterocycles. The van der Waals surface area contributed by atoms with Gasteiger partial charge in [0.25, 0.3) is 5.56 Å². The highest BCUT2D eigenvalue weighted by molar-refractivity contribution is 5.94. The SMILES string of the molecule is C[C@H]1CCC[C@@H](c2ccc(C(F)(F)F)cn2)N1C(=O)C1(c2ccc3c(=O)[nH]nc(CN)c3c2)CC1. The van der Waals surface area contributed by atoms with E-state index in [1.807, 2.05) is 24.0 Å². The molecule has 0 radical (unpaired) electrons. The van der Waals surface area contributed by atoms with Gasteiger partial charge in [-0.3, -0.25) is 14.6 Å². The molecular weight excluding hydrogens is 459 g/mol. The van der Waals surface area contributed by atoms with Gasteiger partial charge in [-0.05, 0) is 68.9 Å². The second-order valence-corrected chi connectivity index (χ2v) is 9.52. The molecule has 0 bridgehead atoms. The number of nitrogens with zero attached hydrogens (tertiary/aromatic N) is 3. The Labute approximate surface area is 199 Å². The Hall–Kier alpha value is -3.27. The van der Waals surface area contributed by atoms with Gasteiger partial charge in [0.15, 0.2) is 0 Å². The van der Waals surface area contributed by atoms with E-state index >= 15 is 0 Å². The lowest BCUT2D eigenvalue weighted by Gasteiger charge is -2.42. The number of piperidine rings is 1. The van der Waals surface area contributed by atoms with Crippen LogP contribution in [0.5, 0.6) is 0 Å². The van der Waals surface area contributed by atoms with Crippen LogP contribution in [-0.4, -0.2) is 32.0 Å². The molecule has 3 N–H and O–H groups in total. The minimum absolute atomic E-state index is 0.0529. The number of aromatic nitrogens is 3. The monoisotopic (exact) mass is 485 g/mol. The Balaban J connectivity index is 1.52. The van der Waals surface area contributed by atoms with E-state index < -0.39 is 23.2 Å². The van der Waals surface area contributed by atoms with Crippen LogP contribution in [-0.2, 0) is 22.9 Å². The average Bonchev–Trinajstić information content (AvgIpc) is 3.65. The number of alkyl halides is 3. The third-order valence-corrected chi connectivity index (χ3v) is 7.37. The maximum Gasteiger partial charge on any atom is 0.417 e. The number of halogens is 3. The lowest BCUT2D eigenvalue weighted by atomic mass is 9.87. The molecule has 1 aliphatic heterocycles. The first kappa shape index (κ1) is 23.5. The van der Waals surface area contributed by atoms with E-state index in [9.17, 15) is 22.8 Å². The van der Waals surface area contributed by atoms with Gasteiger partial charge in [-0.1, -0.05) is 6.07 Å². The van der Waals surface area contributed by atoms with Crippen LogP contribution in [0, 0.1) is 0 Å². The van der Waals surface area contributed by atoms with Gasteiger partial charge in [-0.25, -0.2) is 5.10 Å². The van der Waals surface area contributed by atoms with Crippen molar-refractivity contribution in [2.75, 3.05) is 0 Å². The molecule has 2 aromatic heterocycles. The van der Waals surface area contributed by atoms with E-state index in [1.165, 1.54) is 6.07 Å². The van der Waals surface area contributed by atoms with Crippen molar-refractivity contribution in [1.29, 1.82) is 0 Å². The van der Waals surface area contributed by atoms with Crippen LogP contribution in [0.25, 0.3) is 10.8 Å². The topological polar surface area (TPSA) is 105 Å². The van der Waals surface area contributed by atoms with Crippen molar-refractivity contribution in [3.05, 3.63) is 69.4 Å². The Morgan fingerprint density at radius 1 is 1.20 bits per heavy atom. The van der Waals surface area contributed by atoms with Crippen molar-refractivity contribution in [1.82, 2.24) is 20.1 Å². The summed E-state index contributed by atoms with van der Waals surface area (Å²) in [5.74, 6) is -0.0529. The van der Waals surface area contributed by atoms with Crippen molar-refractivity contribution in [3.8, 4) is 0 Å². The van der Waals surface area contributed by atoms with E-state index in [1.54, 1.807) is 6.07 Å². The van der Waals surface area contributed by atoms with E-state index in [0.29, 0.717) is 41.4 Å². The Bertz CT molecular complexity index is 1330. The van der Waals surface area contributed by atoms with Gasteiger partial charge in [0.1, 0.15) is 0 Å². The third kappa shape index (κ3) is 3.99. The maximum atomic E-state index is 14.1. The highest BCUT2D eigenvalue weighted by Gasteiger charge is 2.55. The van der Waals surface area contributed by atoms with Crippen molar-refractivity contribution in [2.45, 2.75) is 69.2 Å². The molecule has 0 spiro atoms. The minimum atomic E-state index is -4.46. The first-order valence-electron chi connectivity index (χ1n) is 11.7. The lowest BCUT2D eigenvalue weighted by molar-refractivity contribution is -0.141. The van der Waals surface area contributed by atoms with Crippen LogP contribution in [0.1, 0.15) is 67.6 Å². The Morgan fingerprint density at radius 3 is 2.60 bits per heavy atom. The average molecular weight is 486 g/mol. The molecule has 184 valence electrons. The number of benzene rings is 1. The first-order valence-corrected chi connectivity index (χ1v) is 11.7. The summed E-state index contributed by atoms with van der Waals surface area (Å²) in [6.45, 7) is 2.11. The summed E-state index contributed by atoms with van der Waals surface area (Å²) in [5.41, 5.74) is 5.76. The molecule has 1 saturated carbocycles. The number of pyridine rings is 1. The number of hydrogen-bond acceptors (Lipinski definition) is 5. The first-order chi connectivity index (χ1) is 16.7. The van der Waals surface area contributed by atoms with Crippen molar-refractivity contribution in [3.63, 3.8) is 0 Å². The van der Waals surface area contributed by atoms with Crippen molar-refractivity contribution >= 4 is 16.7 Å². The molecule has 5 rings (SSSR count). The highest BCUT2D eigenvalue weighted by atomic mass is 19.4. The van der Waals surface area contributed by atoms with Crippen LogP contribution in [0.4, 0.5) is 13.2 Å². The fourth-order valence-electron chi connectivity index (χ4n) is 5.27. The van der Waals surface area contributed by atoms with E-state index in [4.69, 9.17) is 5.73 Å². The molecule has 3 aromatic rings. The molecule has 2 fully saturated rings. The van der Waals surface area contributed by atoms with Gasteiger partial charge in [-0.2, -0.15) is 18.3 Å². The largest absolute Gasteiger partial charge is 0.417 e. The second kappa shape index (κ2) is 8.44. The number of carbonyl (C=O) groups excluding carboxylic acids is 1. The van der Waals surface area contributed by atoms with E-state index in [0.717, 1.165) is 30.7 Å². The normalized spacial score (nSPS) is 21.8. The maximum absolute atomic E-state index is 14.1. The molecule has 2 aliphatic rings. The standard InChI is InChI=1S/C25H26F3N5O2/c1-14-3-2-4-21(19-8-6-16(13-30-19)25(26,27)28)33(14)23(35)24(9-10-24)15-5-7-17-18(11-15)20(12-29)31-32-22(17)34/h5-8,11,13-14,21H,2-4,9-10,12,29H2,1H3,(H,32,34)/t14-,21-/m0/s1. The lowest BCUT2D eigenvalue weighted by Crippen LogP contribution is -2.49. The quantitative estimate of drug-likeness (QED) is 0.582. The summed E-state index contributed by atoms with van der Waals surface area (Å²) >= 11 is 0. The zero-order chi connectivity index (χ0) is 25.0. The molecule has 1 amide bonds. The molecule has 2 atom stereocenters. The number of nitrogens with two attached hydrogens (primary N) is 1. The van der Waals surface area contributed by atoms with Gasteiger partial charge >= 0.3 is 6.18 Å². The molecule has 35 heavy (non-hydrogen) atoms.